The molecule has 3 aromatic carbocycles. The Balaban J connectivity index is 1.41. The third kappa shape index (κ3) is 6.03. The van der Waals surface area contributed by atoms with Crippen molar-refractivity contribution >= 4 is 40.9 Å². The predicted molar refractivity (Wildman–Crippen MR) is 125 cm³/mol. The molecule has 0 bridgehead atoms. The summed E-state index contributed by atoms with van der Waals surface area (Å²) in [5.41, 5.74) is 2.55. The molecule has 4 rings (SSSR count). The maximum Gasteiger partial charge on any atom is 0.573 e. The number of carbonyl (C=O) groups excluding carboxylic acids is 2. The van der Waals surface area contributed by atoms with Crippen LogP contribution in [0.25, 0.3) is 0 Å². The van der Waals surface area contributed by atoms with E-state index in [9.17, 15) is 22.8 Å². The van der Waals surface area contributed by atoms with Crippen LogP contribution in [-0.2, 0) is 11.3 Å². The predicted octanol–water partition coefficient (Wildman–Crippen LogP) is 6.27. The molecule has 2 amide bonds. The van der Waals surface area contributed by atoms with Crippen LogP contribution in [0, 0.1) is 0 Å². The standard InChI is InChI=1S/C24H18ClF3N2O3S/c25-18-7-1-15(2-8-18)13-30-21(31)14-34-23(30)17-5-3-16(4-6-17)22(32)29-19-9-11-20(12-10-19)33-24(26,27)28/h1-12,23H,13-14H2,(H,29,32)/t23-/m0/s1. The van der Waals surface area contributed by atoms with Crippen LogP contribution in [0.15, 0.2) is 72.8 Å². The number of hydrogen-bond acceptors (Lipinski definition) is 4. The lowest BCUT2D eigenvalue weighted by Gasteiger charge is -2.24. The number of nitrogens with zero attached hydrogens (tertiary/aromatic N) is 1. The van der Waals surface area contributed by atoms with E-state index in [2.05, 4.69) is 10.1 Å². The van der Waals surface area contributed by atoms with Crippen molar-refractivity contribution in [2.75, 3.05) is 11.1 Å². The topological polar surface area (TPSA) is 58.6 Å². The minimum absolute atomic E-state index is 0.0321. The van der Waals surface area contributed by atoms with Crippen molar-refractivity contribution in [3.8, 4) is 5.75 Å². The Bertz CT molecular complexity index is 1170. The second-order valence-electron chi connectivity index (χ2n) is 7.46. The monoisotopic (exact) mass is 506 g/mol. The van der Waals surface area contributed by atoms with E-state index in [0.717, 1.165) is 23.3 Å². The molecule has 1 N–H and O–H groups in total. The van der Waals surface area contributed by atoms with Crippen LogP contribution in [-0.4, -0.2) is 28.8 Å². The lowest BCUT2D eigenvalue weighted by atomic mass is 10.1. The van der Waals surface area contributed by atoms with Crippen LogP contribution in [0.1, 0.15) is 26.9 Å². The van der Waals surface area contributed by atoms with Crippen molar-refractivity contribution in [2.24, 2.45) is 0 Å². The van der Waals surface area contributed by atoms with Crippen molar-refractivity contribution in [3.63, 3.8) is 0 Å². The summed E-state index contributed by atoms with van der Waals surface area (Å²) in [6.45, 7) is 0.448. The van der Waals surface area contributed by atoms with Crippen molar-refractivity contribution in [1.29, 1.82) is 0 Å². The van der Waals surface area contributed by atoms with Crippen molar-refractivity contribution in [3.05, 3.63) is 94.5 Å². The molecule has 0 unspecified atom stereocenters. The Morgan fingerprint density at radius 2 is 1.68 bits per heavy atom. The van der Waals surface area contributed by atoms with Gasteiger partial charge in [0, 0.05) is 22.8 Å². The zero-order valence-corrected chi connectivity index (χ0v) is 19.1. The molecule has 1 fully saturated rings. The molecule has 10 heteroatoms. The molecule has 1 aliphatic heterocycles. The van der Waals surface area contributed by atoms with Gasteiger partial charge in [-0.3, -0.25) is 9.59 Å². The average Bonchev–Trinajstić information content (AvgIpc) is 3.16. The van der Waals surface area contributed by atoms with E-state index < -0.39 is 12.3 Å². The number of ether oxygens (including phenoxy) is 1. The van der Waals surface area contributed by atoms with Gasteiger partial charge in [0.25, 0.3) is 5.91 Å². The quantitative estimate of drug-likeness (QED) is 0.428. The fourth-order valence-electron chi connectivity index (χ4n) is 3.43. The number of nitrogens with one attached hydrogen (secondary N) is 1. The zero-order chi connectivity index (χ0) is 24.3. The minimum atomic E-state index is -4.78. The molecule has 176 valence electrons. The highest BCUT2D eigenvalue weighted by Gasteiger charge is 2.33. The lowest BCUT2D eigenvalue weighted by molar-refractivity contribution is -0.274. The number of alkyl halides is 3. The van der Waals surface area contributed by atoms with E-state index in [1.807, 2.05) is 12.1 Å². The number of rotatable bonds is 6. The van der Waals surface area contributed by atoms with Crippen molar-refractivity contribution in [2.45, 2.75) is 18.3 Å². The van der Waals surface area contributed by atoms with Gasteiger partial charge in [-0.15, -0.1) is 24.9 Å². The Morgan fingerprint density at radius 1 is 1.03 bits per heavy atom. The van der Waals surface area contributed by atoms with E-state index in [-0.39, 0.29) is 17.0 Å². The normalized spacial score (nSPS) is 15.9. The molecule has 0 radical (unpaired) electrons. The van der Waals surface area contributed by atoms with Gasteiger partial charge < -0.3 is 15.0 Å². The molecule has 0 aliphatic carbocycles. The summed E-state index contributed by atoms with van der Waals surface area (Å²) < 4.78 is 40.6. The average molecular weight is 507 g/mol. The van der Waals surface area contributed by atoms with Crippen molar-refractivity contribution in [1.82, 2.24) is 4.90 Å². The maximum absolute atomic E-state index is 12.5. The SMILES string of the molecule is O=C(Nc1ccc(OC(F)(F)F)cc1)c1ccc([C@@H]2SCC(=O)N2Cc2ccc(Cl)cc2)cc1. The van der Waals surface area contributed by atoms with Crippen LogP contribution in [0.3, 0.4) is 0 Å². The van der Waals surface area contributed by atoms with Gasteiger partial charge in [0.15, 0.2) is 0 Å². The van der Waals surface area contributed by atoms with Gasteiger partial charge in [-0.2, -0.15) is 0 Å². The third-order valence-corrected chi connectivity index (χ3v) is 6.55. The first-order chi connectivity index (χ1) is 16.2. The molecule has 34 heavy (non-hydrogen) atoms. The first-order valence-electron chi connectivity index (χ1n) is 10.1. The molecule has 1 saturated heterocycles. The molecule has 0 saturated carbocycles. The Hall–Kier alpha value is -3.17. The number of halogens is 4. The summed E-state index contributed by atoms with van der Waals surface area (Å²) in [7, 11) is 0. The molecule has 3 aromatic rings. The van der Waals surface area contributed by atoms with Crippen LogP contribution in [0.2, 0.25) is 5.02 Å². The summed E-state index contributed by atoms with van der Waals surface area (Å²) in [5, 5.41) is 3.08. The first-order valence-corrected chi connectivity index (χ1v) is 11.5. The number of anilines is 1. The van der Waals surface area contributed by atoms with Gasteiger partial charge in [0.1, 0.15) is 11.1 Å². The molecular weight excluding hydrogens is 489 g/mol. The van der Waals surface area contributed by atoms with Gasteiger partial charge in [0.2, 0.25) is 5.91 Å². The molecule has 1 aliphatic rings. The zero-order valence-electron chi connectivity index (χ0n) is 17.5. The Kier molecular flexibility index (Phi) is 7.04. The fourth-order valence-corrected chi connectivity index (χ4v) is 4.74. The second-order valence-corrected chi connectivity index (χ2v) is 8.96. The number of carbonyl (C=O) groups is 2. The number of amides is 2. The van der Waals surface area contributed by atoms with Crippen LogP contribution in [0.4, 0.5) is 18.9 Å². The maximum atomic E-state index is 12.5. The van der Waals surface area contributed by atoms with Gasteiger partial charge in [-0.25, -0.2) is 0 Å². The largest absolute Gasteiger partial charge is 0.573 e. The molecule has 1 heterocycles. The second kappa shape index (κ2) is 9.99. The summed E-state index contributed by atoms with van der Waals surface area (Å²) in [4.78, 5) is 26.8. The van der Waals surface area contributed by atoms with Gasteiger partial charge in [-0.05, 0) is 59.7 Å². The van der Waals surface area contributed by atoms with Crippen LogP contribution in [0.5, 0.6) is 5.75 Å². The number of thioether (sulfide) groups is 1. The van der Waals surface area contributed by atoms with Crippen LogP contribution < -0.4 is 10.1 Å². The third-order valence-electron chi connectivity index (χ3n) is 5.04. The summed E-state index contributed by atoms with van der Waals surface area (Å²) in [6.07, 6.45) is -4.78. The number of benzene rings is 3. The Morgan fingerprint density at radius 3 is 2.29 bits per heavy atom. The van der Waals surface area contributed by atoms with E-state index >= 15 is 0 Å². The molecule has 5 nitrogen and oxygen atoms in total. The fraction of sp³-hybridized carbons (Fsp3) is 0.167. The summed E-state index contributed by atoms with van der Waals surface area (Å²) in [5.74, 6) is -0.385. The van der Waals surface area contributed by atoms with E-state index in [4.69, 9.17) is 11.6 Å². The van der Waals surface area contributed by atoms with E-state index in [0.29, 0.717) is 28.6 Å². The van der Waals surface area contributed by atoms with Gasteiger partial charge in [0.05, 0.1) is 5.75 Å². The molecule has 0 spiro atoms. The first kappa shape index (κ1) is 24.0. The molecular formula is C24H18ClF3N2O3S. The highest BCUT2D eigenvalue weighted by molar-refractivity contribution is 8.00. The minimum Gasteiger partial charge on any atom is -0.406 e. The summed E-state index contributed by atoms with van der Waals surface area (Å²) in [6, 6.07) is 19.1. The van der Waals surface area contributed by atoms with Crippen LogP contribution >= 0.6 is 23.4 Å². The molecule has 1 atom stereocenters. The van der Waals surface area contributed by atoms with Crippen molar-refractivity contribution < 1.29 is 27.5 Å². The van der Waals surface area contributed by atoms with Gasteiger partial charge in [-0.1, -0.05) is 35.9 Å². The molecule has 0 aromatic heterocycles. The highest BCUT2D eigenvalue weighted by Crippen LogP contribution is 2.39. The lowest BCUT2D eigenvalue weighted by Crippen LogP contribution is -2.27. The highest BCUT2D eigenvalue weighted by atomic mass is 35.5. The smallest absolute Gasteiger partial charge is 0.406 e. The van der Waals surface area contributed by atoms with E-state index in [1.54, 1.807) is 41.3 Å². The van der Waals surface area contributed by atoms with E-state index in [1.165, 1.54) is 23.9 Å². The number of hydrogen-bond donors (Lipinski definition) is 1. The van der Waals surface area contributed by atoms with Gasteiger partial charge >= 0.3 is 6.36 Å². The summed E-state index contributed by atoms with van der Waals surface area (Å²) >= 11 is 7.45. The Labute approximate surface area is 202 Å².